The number of halogens is 5. The molecule has 2 aliphatic heterocycles. The predicted molar refractivity (Wildman–Crippen MR) is 107 cm³/mol. The van der Waals surface area contributed by atoms with Gasteiger partial charge in [0.2, 0.25) is 17.6 Å². The van der Waals surface area contributed by atoms with Gasteiger partial charge in [-0.1, -0.05) is 11.6 Å². The van der Waals surface area contributed by atoms with Gasteiger partial charge in [0.25, 0.3) is 12.9 Å². The number of ether oxygens (including phenoxy) is 2. The first-order chi connectivity index (χ1) is 15.4. The lowest BCUT2D eigenvalue weighted by Gasteiger charge is -2.37. The van der Waals surface area contributed by atoms with Crippen LogP contribution in [-0.2, 0) is 15.9 Å². The zero-order chi connectivity index (χ0) is 22.4. The molecule has 0 radical (unpaired) electrons. The van der Waals surface area contributed by atoms with E-state index < -0.39 is 30.5 Å². The highest BCUT2D eigenvalue weighted by Gasteiger charge is 2.36. The molecule has 2 aliphatic rings. The van der Waals surface area contributed by atoms with Crippen LogP contribution < -0.4 is 4.90 Å². The minimum Gasteiger partial charge on any atom is -0.356 e. The van der Waals surface area contributed by atoms with Gasteiger partial charge in [-0.05, 0) is 30.2 Å². The maximum absolute atomic E-state index is 13.3. The van der Waals surface area contributed by atoms with Crippen LogP contribution in [0.15, 0.2) is 18.2 Å². The van der Waals surface area contributed by atoms with Crippen molar-refractivity contribution in [3.8, 4) is 0 Å². The summed E-state index contributed by atoms with van der Waals surface area (Å²) >= 11 is 6.18. The Bertz CT molecular complexity index is 1110. The second kappa shape index (κ2) is 8.45. The minimum absolute atomic E-state index is 0.156. The molecule has 12 heteroatoms. The van der Waals surface area contributed by atoms with Crippen molar-refractivity contribution < 1.29 is 27.0 Å². The third-order valence-corrected chi connectivity index (χ3v) is 5.93. The predicted octanol–water partition coefficient (Wildman–Crippen LogP) is 4.75. The summed E-state index contributed by atoms with van der Waals surface area (Å²) in [6, 6.07) is 5.05. The number of hydrogen-bond donors (Lipinski definition) is 1. The Morgan fingerprint density at radius 1 is 1.12 bits per heavy atom. The lowest BCUT2D eigenvalue weighted by molar-refractivity contribution is 0.0423. The highest BCUT2D eigenvalue weighted by molar-refractivity contribution is 6.31. The summed E-state index contributed by atoms with van der Waals surface area (Å²) in [7, 11) is 0. The van der Waals surface area contributed by atoms with Gasteiger partial charge in [0.1, 0.15) is 6.79 Å². The summed E-state index contributed by atoms with van der Waals surface area (Å²) in [6.45, 7) is 0.858. The fraction of sp³-hybridized carbons (Fsp3) is 0.450. The van der Waals surface area contributed by atoms with Crippen molar-refractivity contribution in [2.45, 2.75) is 37.8 Å². The quantitative estimate of drug-likeness (QED) is 0.541. The van der Waals surface area contributed by atoms with E-state index in [2.05, 4.69) is 19.9 Å². The second-order valence-corrected chi connectivity index (χ2v) is 8.07. The molecule has 0 unspecified atom stereocenters. The largest absolute Gasteiger partial charge is 0.356 e. The van der Waals surface area contributed by atoms with E-state index in [1.807, 2.05) is 12.1 Å². The zero-order valence-corrected chi connectivity index (χ0v) is 17.3. The molecule has 7 nitrogen and oxygen atoms in total. The van der Waals surface area contributed by atoms with Gasteiger partial charge in [-0.3, -0.25) is 0 Å². The fourth-order valence-corrected chi connectivity index (χ4v) is 4.47. The van der Waals surface area contributed by atoms with Gasteiger partial charge in [-0.25, -0.2) is 22.5 Å². The van der Waals surface area contributed by atoms with Gasteiger partial charge in [-0.15, -0.1) is 0 Å². The average Bonchev–Trinajstić information content (AvgIpc) is 3.41. The number of rotatable bonds is 5. The third-order valence-electron chi connectivity index (χ3n) is 5.70. The maximum atomic E-state index is 13.3. The summed E-state index contributed by atoms with van der Waals surface area (Å²) < 4.78 is 64.2. The SMILES string of the molecule is FC(F)c1nc(C(F)F)nc(N2CCc3c([nH]c4ccc(Cl)cc34)[C@@H]2C[C@H]2COCO2)n1. The van der Waals surface area contributed by atoms with Crippen LogP contribution in [0.2, 0.25) is 5.02 Å². The number of nitrogens with one attached hydrogen (secondary N) is 1. The number of aromatic amines is 1. The molecule has 0 spiro atoms. The first-order valence-corrected chi connectivity index (χ1v) is 10.4. The van der Waals surface area contributed by atoms with E-state index >= 15 is 0 Å². The number of benzene rings is 1. The van der Waals surface area contributed by atoms with Crippen molar-refractivity contribution in [3.63, 3.8) is 0 Å². The summed E-state index contributed by atoms with van der Waals surface area (Å²) in [4.78, 5) is 15.9. The molecule has 2 aromatic heterocycles. The van der Waals surface area contributed by atoms with Gasteiger partial charge >= 0.3 is 0 Å². The molecule has 4 heterocycles. The van der Waals surface area contributed by atoms with E-state index in [-0.39, 0.29) is 18.8 Å². The van der Waals surface area contributed by atoms with Crippen LogP contribution in [0.1, 0.15) is 48.2 Å². The first kappa shape index (κ1) is 21.4. The van der Waals surface area contributed by atoms with E-state index in [9.17, 15) is 17.6 Å². The molecule has 0 aliphatic carbocycles. The molecule has 1 aromatic carbocycles. The van der Waals surface area contributed by atoms with E-state index in [1.165, 1.54) is 0 Å². The summed E-state index contributed by atoms with van der Waals surface area (Å²) in [5.41, 5.74) is 2.72. The van der Waals surface area contributed by atoms with E-state index in [1.54, 1.807) is 11.0 Å². The van der Waals surface area contributed by atoms with Crippen molar-refractivity contribution in [2.75, 3.05) is 24.8 Å². The van der Waals surface area contributed by atoms with E-state index in [4.69, 9.17) is 21.1 Å². The first-order valence-electron chi connectivity index (χ1n) is 9.99. The molecule has 2 atom stereocenters. The average molecular weight is 472 g/mol. The standard InChI is InChI=1S/C20H18ClF4N5O2/c21-9-1-2-13-12(5-9)11-3-4-30(14(15(11)26-13)6-10-7-31-8-32-10)20-28-18(16(22)23)27-19(29-20)17(24)25/h1-2,5,10,14,16-17,26H,3-4,6-8H2/t10-,14-/m0/s1. The van der Waals surface area contributed by atoms with Gasteiger partial charge in [-0.2, -0.15) is 9.97 Å². The van der Waals surface area contributed by atoms with E-state index in [0.717, 1.165) is 22.2 Å². The number of aromatic nitrogens is 4. The van der Waals surface area contributed by atoms with Crippen molar-refractivity contribution >= 4 is 28.5 Å². The summed E-state index contributed by atoms with van der Waals surface area (Å²) in [5, 5.41) is 1.55. The van der Waals surface area contributed by atoms with Crippen molar-refractivity contribution in [3.05, 3.63) is 46.1 Å². The molecular formula is C20H18ClF4N5O2. The normalized spacial score (nSPS) is 21.2. The fourth-order valence-electron chi connectivity index (χ4n) is 4.30. The molecule has 170 valence electrons. The van der Waals surface area contributed by atoms with Gasteiger partial charge < -0.3 is 19.4 Å². The Morgan fingerprint density at radius 3 is 2.53 bits per heavy atom. The monoisotopic (exact) mass is 471 g/mol. The Morgan fingerprint density at radius 2 is 1.88 bits per heavy atom. The molecule has 1 saturated heterocycles. The lowest BCUT2D eigenvalue weighted by Crippen LogP contribution is -2.39. The Kier molecular flexibility index (Phi) is 5.64. The zero-order valence-electron chi connectivity index (χ0n) is 16.6. The number of H-pyrrole nitrogens is 1. The van der Waals surface area contributed by atoms with Crippen LogP contribution in [-0.4, -0.2) is 46.0 Å². The molecule has 1 N–H and O–H groups in total. The Balaban J connectivity index is 1.61. The third kappa shape index (κ3) is 3.89. The number of nitrogens with zero attached hydrogens (tertiary/aromatic N) is 4. The molecular weight excluding hydrogens is 454 g/mol. The maximum Gasteiger partial charge on any atom is 0.297 e. The van der Waals surface area contributed by atoms with E-state index in [0.29, 0.717) is 31.0 Å². The van der Waals surface area contributed by atoms with Crippen LogP contribution >= 0.6 is 11.6 Å². The van der Waals surface area contributed by atoms with Crippen molar-refractivity contribution in [2.24, 2.45) is 0 Å². The summed E-state index contributed by atoms with van der Waals surface area (Å²) in [6.07, 6.45) is -5.51. The second-order valence-electron chi connectivity index (χ2n) is 7.63. The smallest absolute Gasteiger partial charge is 0.297 e. The molecule has 0 bridgehead atoms. The van der Waals surface area contributed by atoms with Crippen molar-refractivity contribution in [1.29, 1.82) is 0 Å². The van der Waals surface area contributed by atoms with Crippen LogP contribution in [0.3, 0.4) is 0 Å². The molecule has 0 saturated carbocycles. The van der Waals surface area contributed by atoms with Crippen LogP contribution in [0.25, 0.3) is 10.9 Å². The number of fused-ring (bicyclic) bond motifs is 3. The Labute approximate surface area is 184 Å². The van der Waals surface area contributed by atoms with Gasteiger partial charge in [0.05, 0.1) is 18.8 Å². The highest BCUT2D eigenvalue weighted by atomic mass is 35.5. The minimum atomic E-state index is -3.10. The number of alkyl halides is 4. The molecule has 5 rings (SSSR count). The van der Waals surface area contributed by atoms with Crippen LogP contribution in [0, 0.1) is 0 Å². The summed E-state index contributed by atoms with van der Waals surface area (Å²) in [5.74, 6) is -2.16. The molecule has 0 amide bonds. The topological polar surface area (TPSA) is 76.2 Å². The van der Waals surface area contributed by atoms with Crippen molar-refractivity contribution in [1.82, 2.24) is 19.9 Å². The molecule has 32 heavy (non-hydrogen) atoms. The van der Waals surface area contributed by atoms with Crippen LogP contribution in [0.4, 0.5) is 23.5 Å². The number of hydrogen-bond acceptors (Lipinski definition) is 6. The Hall–Kier alpha value is -2.50. The lowest BCUT2D eigenvalue weighted by atomic mass is 9.94. The highest BCUT2D eigenvalue weighted by Crippen LogP contribution is 2.40. The molecule has 3 aromatic rings. The number of anilines is 1. The molecule has 1 fully saturated rings. The van der Waals surface area contributed by atoms with Crippen LogP contribution in [0.5, 0.6) is 0 Å². The van der Waals surface area contributed by atoms with Gasteiger partial charge in [0, 0.05) is 34.6 Å². The van der Waals surface area contributed by atoms with Gasteiger partial charge in [0.15, 0.2) is 0 Å².